The van der Waals surface area contributed by atoms with Crippen LogP contribution >= 0.6 is 0 Å². The van der Waals surface area contributed by atoms with Crippen molar-refractivity contribution in [2.75, 3.05) is 0 Å². The van der Waals surface area contributed by atoms with Crippen molar-refractivity contribution in [3.8, 4) is 5.75 Å². The maximum atomic E-state index is 13.5. The van der Waals surface area contributed by atoms with E-state index >= 15 is 0 Å². The topological polar surface area (TPSA) is 113 Å². The number of ether oxygens (including phenoxy) is 2. The number of rotatable bonds is 4. The van der Waals surface area contributed by atoms with E-state index in [-0.39, 0.29) is 11.3 Å². The van der Waals surface area contributed by atoms with E-state index in [2.05, 4.69) is 0 Å². The van der Waals surface area contributed by atoms with E-state index in [1.54, 1.807) is 70.2 Å². The van der Waals surface area contributed by atoms with Gasteiger partial charge in [-0.05, 0) is 57.9 Å². The van der Waals surface area contributed by atoms with Gasteiger partial charge in [0, 0.05) is 17.0 Å². The third kappa shape index (κ3) is 3.38. The summed E-state index contributed by atoms with van der Waals surface area (Å²) in [5.41, 5.74) is 5.48. The first-order chi connectivity index (χ1) is 14.9. The van der Waals surface area contributed by atoms with E-state index in [9.17, 15) is 19.2 Å². The van der Waals surface area contributed by atoms with Crippen molar-refractivity contribution in [2.45, 2.75) is 39.7 Å². The highest BCUT2D eigenvalue weighted by Gasteiger charge is 2.61. The molecule has 2 N–H and O–H groups in total. The molecular weight excluding hydrogens is 410 g/mol. The quantitative estimate of drug-likeness (QED) is 0.448. The normalized spacial score (nSPS) is 24.0. The van der Waals surface area contributed by atoms with Crippen LogP contribution in [0.15, 0.2) is 42.5 Å². The maximum absolute atomic E-state index is 13.5. The number of ketones is 1. The van der Waals surface area contributed by atoms with Crippen LogP contribution in [0.4, 0.5) is 0 Å². The Hall–Kier alpha value is -3.48. The lowest BCUT2D eigenvalue weighted by atomic mass is 9.66. The summed E-state index contributed by atoms with van der Waals surface area (Å²) in [6.45, 7) is 6.96. The summed E-state index contributed by atoms with van der Waals surface area (Å²) >= 11 is 0. The average Bonchev–Trinajstić information content (AvgIpc) is 2.92. The zero-order chi connectivity index (χ0) is 23.4. The van der Waals surface area contributed by atoms with Crippen LogP contribution in [0, 0.1) is 17.3 Å². The molecule has 7 nitrogen and oxygen atoms in total. The van der Waals surface area contributed by atoms with Crippen molar-refractivity contribution >= 4 is 23.6 Å². The van der Waals surface area contributed by atoms with Gasteiger partial charge in [0.15, 0.2) is 5.78 Å². The first-order valence-corrected chi connectivity index (χ1v) is 10.4. The van der Waals surface area contributed by atoms with Crippen molar-refractivity contribution < 1.29 is 28.7 Å². The number of hydrogen-bond acceptors (Lipinski definition) is 6. The minimum atomic E-state index is -1.06. The van der Waals surface area contributed by atoms with E-state index in [1.807, 2.05) is 0 Å². The van der Waals surface area contributed by atoms with Crippen molar-refractivity contribution in [1.82, 2.24) is 0 Å². The fourth-order valence-electron chi connectivity index (χ4n) is 4.44. The number of nitrogens with two attached hydrogens (primary N) is 1. The molecule has 0 saturated carbocycles. The summed E-state index contributed by atoms with van der Waals surface area (Å²) in [6, 6.07) is 11.7. The fraction of sp³-hybridized carbons (Fsp3) is 0.360. The second-order valence-electron chi connectivity index (χ2n) is 9.56. The monoisotopic (exact) mass is 435 g/mol. The number of primary amides is 1. The Bertz CT molecular complexity index is 1140. The Labute approximate surface area is 185 Å². The predicted octanol–water partition coefficient (Wildman–Crippen LogP) is 3.18. The Morgan fingerprint density at radius 1 is 1.09 bits per heavy atom. The summed E-state index contributed by atoms with van der Waals surface area (Å²) < 4.78 is 11.3. The standard InChI is InChI=1S/C25H25NO6/c1-24(2,3)23(30)31-17-7-5-6-15-18(17)20(27)19-16(25(15,4)32-22(19)29)12-13-8-10-14(11-9-13)21(26)28/h5-11,16,19H,12H2,1-4H3,(H2,26,28)/t16-,19+,25+/m0/s1. The van der Waals surface area contributed by atoms with Crippen LogP contribution in [0.25, 0.3) is 0 Å². The second kappa shape index (κ2) is 7.29. The molecule has 2 aromatic carbocycles. The van der Waals surface area contributed by atoms with Gasteiger partial charge in [-0.2, -0.15) is 0 Å². The molecule has 2 aliphatic rings. The first-order valence-electron chi connectivity index (χ1n) is 10.4. The number of benzene rings is 2. The zero-order valence-corrected chi connectivity index (χ0v) is 18.4. The van der Waals surface area contributed by atoms with Crippen LogP contribution in [0.3, 0.4) is 0 Å². The van der Waals surface area contributed by atoms with Crippen LogP contribution in [-0.4, -0.2) is 23.6 Å². The Balaban J connectivity index is 1.74. The molecule has 0 unspecified atom stereocenters. The molecule has 1 saturated heterocycles. The minimum Gasteiger partial charge on any atom is -0.454 e. The lowest BCUT2D eigenvalue weighted by molar-refractivity contribution is -0.149. The summed E-state index contributed by atoms with van der Waals surface area (Å²) in [7, 11) is 0. The zero-order valence-electron chi connectivity index (χ0n) is 18.4. The molecule has 1 heterocycles. The molecule has 4 rings (SSSR count). The van der Waals surface area contributed by atoms with Gasteiger partial charge in [0.25, 0.3) is 0 Å². The number of Topliss-reactive ketones (excluding diaryl/α,β-unsaturated/α-hetero) is 1. The van der Waals surface area contributed by atoms with E-state index in [4.69, 9.17) is 15.2 Å². The Morgan fingerprint density at radius 3 is 2.34 bits per heavy atom. The van der Waals surface area contributed by atoms with Crippen LogP contribution in [-0.2, 0) is 26.3 Å². The van der Waals surface area contributed by atoms with Crippen molar-refractivity contribution in [2.24, 2.45) is 23.0 Å². The third-order valence-corrected chi connectivity index (χ3v) is 6.28. The molecule has 1 fully saturated rings. The minimum absolute atomic E-state index is 0.145. The van der Waals surface area contributed by atoms with E-state index < -0.39 is 46.5 Å². The van der Waals surface area contributed by atoms with Crippen molar-refractivity contribution in [3.63, 3.8) is 0 Å². The van der Waals surface area contributed by atoms with Crippen molar-refractivity contribution in [1.29, 1.82) is 0 Å². The van der Waals surface area contributed by atoms with Crippen LogP contribution < -0.4 is 10.5 Å². The number of carbonyl (C=O) groups excluding carboxylic acids is 4. The molecule has 32 heavy (non-hydrogen) atoms. The van der Waals surface area contributed by atoms with Gasteiger partial charge in [0.05, 0.1) is 11.0 Å². The lowest BCUT2D eigenvalue weighted by Crippen LogP contribution is -2.41. The maximum Gasteiger partial charge on any atom is 0.318 e. The molecule has 0 aromatic heterocycles. The van der Waals surface area contributed by atoms with Gasteiger partial charge in [-0.25, -0.2) is 0 Å². The molecule has 3 atom stereocenters. The van der Waals surface area contributed by atoms with Crippen molar-refractivity contribution in [3.05, 3.63) is 64.7 Å². The summed E-state index contributed by atoms with van der Waals surface area (Å²) in [5.74, 6) is -3.29. The molecule has 7 heteroatoms. The van der Waals surface area contributed by atoms with E-state index in [0.29, 0.717) is 17.5 Å². The SMILES string of the molecule is CC(C)(C)C(=O)Oc1cccc2c1C(=O)[C@@H]1C(=O)O[C@@]2(C)[C@H]1Cc1ccc(C(N)=O)cc1. The highest BCUT2D eigenvalue weighted by atomic mass is 16.6. The van der Waals surface area contributed by atoms with Gasteiger partial charge in [-0.15, -0.1) is 0 Å². The number of hydrogen-bond donors (Lipinski definition) is 1. The Morgan fingerprint density at radius 2 is 1.75 bits per heavy atom. The molecule has 1 aliphatic carbocycles. The molecule has 2 aromatic rings. The first kappa shape index (κ1) is 21.7. The molecular formula is C25H25NO6. The number of fused-ring (bicyclic) bond motifs is 4. The second-order valence-corrected chi connectivity index (χ2v) is 9.56. The van der Waals surface area contributed by atoms with Gasteiger partial charge in [0.2, 0.25) is 5.91 Å². The largest absolute Gasteiger partial charge is 0.454 e. The average molecular weight is 435 g/mol. The number of amides is 1. The molecule has 0 radical (unpaired) electrons. The van der Waals surface area contributed by atoms with E-state index in [0.717, 1.165) is 5.56 Å². The third-order valence-electron chi connectivity index (χ3n) is 6.28. The lowest BCUT2D eigenvalue weighted by Gasteiger charge is -2.36. The molecule has 1 amide bonds. The fourth-order valence-corrected chi connectivity index (χ4v) is 4.44. The van der Waals surface area contributed by atoms with Gasteiger partial charge in [-0.1, -0.05) is 24.3 Å². The summed E-state index contributed by atoms with van der Waals surface area (Å²) in [6.07, 6.45) is 0.392. The van der Waals surface area contributed by atoms with Crippen LogP contribution in [0.1, 0.15) is 59.5 Å². The smallest absolute Gasteiger partial charge is 0.318 e. The van der Waals surface area contributed by atoms with Gasteiger partial charge >= 0.3 is 11.9 Å². The highest BCUT2D eigenvalue weighted by Crippen LogP contribution is 2.54. The predicted molar refractivity (Wildman–Crippen MR) is 115 cm³/mol. The molecule has 0 spiro atoms. The highest BCUT2D eigenvalue weighted by molar-refractivity contribution is 6.14. The number of esters is 2. The molecule has 2 bridgehead atoms. The molecule has 166 valence electrons. The van der Waals surface area contributed by atoms with E-state index in [1.165, 1.54) is 0 Å². The Kier molecular flexibility index (Phi) is 4.95. The van der Waals surface area contributed by atoms with Crippen LogP contribution in [0.2, 0.25) is 0 Å². The summed E-state index contributed by atoms with van der Waals surface area (Å²) in [4.78, 5) is 50.0. The number of carbonyl (C=O) groups is 4. The van der Waals surface area contributed by atoms with Gasteiger partial charge in [-0.3, -0.25) is 19.2 Å². The van der Waals surface area contributed by atoms with Gasteiger partial charge < -0.3 is 15.2 Å². The summed E-state index contributed by atoms with van der Waals surface area (Å²) in [5, 5.41) is 0. The van der Waals surface area contributed by atoms with Crippen LogP contribution in [0.5, 0.6) is 5.75 Å². The molecule has 1 aliphatic heterocycles. The van der Waals surface area contributed by atoms with Gasteiger partial charge in [0.1, 0.15) is 17.3 Å².